The Balaban J connectivity index is 1.34. The molecule has 3 aliphatic rings. The van der Waals surface area contributed by atoms with E-state index in [1.807, 2.05) is 24.3 Å². The fraction of sp³-hybridized carbons (Fsp3) is 0.524. The molecule has 2 aromatic rings. The zero-order chi connectivity index (χ0) is 21.8. The molecule has 4 heterocycles. The van der Waals surface area contributed by atoms with Crippen LogP contribution in [0, 0.1) is 6.92 Å². The van der Waals surface area contributed by atoms with Crippen molar-refractivity contribution in [3.05, 3.63) is 47.3 Å². The van der Waals surface area contributed by atoms with Gasteiger partial charge in [0.2, 0.25) is 10.0 Å². The highest BCUT2D eigenvalue weighted by molar-refractivity contribution is 7.90. The van der Waals surface area contributed by atoms with Crippen LogP contribution in [0.3, 0.4) is 0 Å². The van der Waals surface area contributed by atoms with Crippen molar-refractivity contribution in [2.24, 2.45) is 0 Å². The number of benzene rings is 1. The summed E-state index contributed by atoms with van der Waals surface area (Å²) in [5, 5.41) is 3.19. The third-order valence-corrected chi connectivity index (χ3v) is 8.80. The molecular formula is C21H25N3O6S. The van der Waals surface area contributed by atoms with Gasteiger partial charge in [0.15, 0.2) is 5.69 Å². The van der Waals surface area contributed by atoms with Gasteiger partial charge in [-0.05, 0) is 37.5 Å². The Bertz CT molecular complexity index is 1120. The molecule has 5 rings (SSSR count). The van der Waals surface area contributed by atoms with E-state index in [1.54, 1.807) is 25.0 Å². The average Bonchev–Trinajstić information content (AvgIpc) is 3.36. The molecule has 31 heavy (non-hydrogen) atoms. The summed E-state index contributed by atoms with van der Waals surface area (Å²) in [6, 6.07) is 9.22. The minimum absolute atomic E-state index is 0.230. The number of carbonyl (C=O) groups excluding carboxylic acids is 1. The smallest absolute Gasteiger partial charge is 0.276 e. The molecule has 3 aliphatic heterocycles. The van der Waals surface area contributed by atoms with Crippen LogP contribution in [0.4, 0.5) is 0 Å². The molecule has 3 atom stereocenters. The van der Waals surface area contributed by atoms with E-state index in [2.05, 4.69) is 5.16 Å². The molecule has 2 bridgehead atoms. The van der Waals surface area contributed by atoms with Crippen LogP contribution in [0.2, 0.25) is 0 Å². The summed E-state index contributed by atoms with van der Waals surface area (Å²) < 4.78 is 44.6. The number of carbonyl (C=O) groups is 1. The van der Waals surface area contributed by atoms with Gasteiger partial charge in [-0.25, -0.2) is 8.42 Å². The topological polar surface area (TPSA) is 102 Å². The summed E-state index contributed by atoms with van der Waals surface area (Å²) in [6.07, 6.45) is 0.689. The van der Waals surface area contributed by atoms with Gasteiger partial charge in [-0.15, -0.1) is 0 Å². The largest absolute Gasteiger partial charge is 0.497 e. The maximum atomic E-state index is 13.3. The van der Waals surface area contributed by atoms with Crippen LogP contribution in [0.15, 0.2) is 34.9 Å². The maximum Gasteiger partial charge on any atom is 0.276 e. The van der Waals surface area contributed by atoms with Crippen LogP contribution in [0.1, 0.15) is 28.2 Å². The van der Waals surface area contributed by atoms with Crippen LogP contribution in [0.5, 0.6) is 5.75 Å². The van der Waals surface area contributed by atoms with E-state index in [0.717, 1.165) is 11.3 Å². The number of hydrogen-bond acceptors (Lipinski definition) is 7. The third kappa shape index (κ3) is 3.42. The summed E-state index contributed by atoms with van der Waals surface area (Å²) in [4.78, 5) is 14.6. The Labute approximate surface area is 180 Å². The van der Waals surface area contributed by atoms with Crippen molar-refractivity contribution >= 4 is 15.9 Å². The molecule has 9 nitrogen and oxygen atoms in total. The van der Waals surface area contributed by atoms with E-state index in [4.69, 9.17) is 14.0 Å². The van der Waals surface area contributed by atoms with Gasteiger partial charge in [-0.1, -0.05) is 17.3 Å². The number of fused-ring (bicyclic) bond motifs is 1. The fourth-order valence-electron chi connectivity index (χ4n) is 5.02. The minimum Gasteiger partial charge on any atom is -0.497 e. The zero-order valence-corrected chi connectivity index (χ0v) is 18.3. The number of amides is 1. The zero-order valence-electron chi connectivity index (χ0n) is 17.5. The molecule has 1 aromatic heterocycles. The van der Waals surface area contributed by atoms with Crippen molar-refractivity contribution in [1.29, 1.82) is 0 Å². The van der Waals surface area contributed by atoms with Crippen molar-refractivity contribution in [1.82, 2.24) is 14.4 Å². The van der Waals surface area contributed by atoms with Crippen LogP contribution in [-0.4, -0.2) is 78.9 Å². The lowest BCUT2D eigenvalue weighted by Crippen LogP contribution is -2.56. The number of hydrogen-bond donors (Lipinski definition) is 0. The molecule has 166 valence electrons. The van der Waals surface area contributed by atoms with Crippen LogP contribution in [0.25, 0.3) is 0 Å². The standard InChI is InChI=1S/C21H25N3O6S/c1-14-8-18(22-30-14)20(25)23-11-17-10-19-21(12-23,29-17)13-24(31(19,26)27)7-6-15-4-3-5-16(9-15)28-2/h3-5,8-9,17,19H,6-7,10-13H2,1-2H3/t17-,19+,21+/m0/s1. The number of sulfonamides is 1. The number of rotatable bonds is 5. The molecule has 1 spiro atoms. The number of morpholine rings is 1. The van der Waals surface area contributed by atoms with Crippen molar-refractivity contribution in [2.45, 2.75) is 36.7 Å². The average molecular weight is 448 g/mol. The Morgan fingerprint density at radius 2 is 2.16 bits per heavy atom. The lowest BCUT2D eigenvalue weighted by atomic mass is 9.99. The number of nitrogens with zero attached hydrogens (tertiary/aromatic N) is 3. The quantitative estimate of drug-likeness (QED) is 0.679. The molecule has 3 saturated heterocycles. The van der Waals surface area contributed by atoms with Gasteiger partial charge in [0.25, 0.3) is 5.91 Å². The van der Waals surface area contributed by atoms with Crippen molar-refractivity contribution < 1.29 is 27.2 Å². The fourth-order valence-corrected chi connectivity index (χ4v) is 7.33. The van der Waals surface area contributed by atoms with Gasteiger partial charge in [0, 0.05) is 25.7 Å². The third-order valence-electron chi connectivity index (χ3n) is 6.43. The predicted octanol–water partition coefficient (Wildman–Crippen LogP) is 1.23. The van der Waals surface area contributed by atoms with Gasteiger partial charge in [0.1, 0.15) is 22.4 Å². The Kier molecular flexibility index (Phi) is 4.83. The second-order valence-electron chi connectivity index (χ2n) is 8.52. The molecule has 1 aromatic carbocycles. The second-order valence-corrected chi connectivity index (χ2v) is 10.6. The Morgan fingerprint density at radius 3 is 2.90 bits per heavy atom. The van der Waals surface area contributed by atoms with Crippen LogP contribution >= 0.6 is 0 Å². The maximum absolute atomic E-state index is 13.3. The summed E-state index contributed by atoms with van der Waals surface area (Å²) in [6.45, 7) is 2.93. The predicted molar refractivity (Wildman–Crippen MR) is 110 cm³/mol. The highest BCUT2D eigenvalue weighted by Crippen LogP contribution is 2.46. The van der Waals surface area contributed by atoms with Gasteiger partial charge < -0.3 is 18.9 Å². The van der Waals surface area contributed by atoms with Crippen molar-refractivity contribution in [2.75, 3.05) is 33.3 Å². The SMILES string of the molecule is COc1cccc(CCN2C[C@]34CN(C(=O)c5cc(C)on5)C[C@H](C[C@H]3S2(=O)=O)O4)c1. The first-order valence-electron chi connectivity index (χ1n) is 10.3. The second kappa shape index (κ2) is 7.32. The lowest BCUT2D eigenvalue weighted by molar-refractivity contribution is -0.0977. The van der Waals surface area contributed by atoms with Gasteiger partial charge in [-0.3, -0.25) is 4.79 Å². The number of methoxy groups -OCH3 is 1. The molecule has 0 unspecified atom stereocenters. The lowest BCUT2D eigenvalue weighted by Gasteiger charge is -2.39. The molecule has 1 amide bonds. The van der Waals surface area contributed by atoms with Crippen molar-refractivity contribution in [3.63, 3.8) is 0 Å². The van der Waals surface area contributed by atoms with E-state index in [-0.39, 0.29) is 30.8 Å². The number of likely N-dealkylation sites (tertiary alicyclic amines) is 1. The number of aromatic nitrogens is 1. The highest BCUT2D eigenvalue weighted by atomic mass is 32.2. The first-order valence-corrected chi connectivity index (χ1v) is 11.8. The summed E-state index contributed by atoms with van der Waals surface area (Å²) >= 11 is 0. The number of aryl methyl sites for hydroxylation is 1. The monoisotopic (exact) mass is 447 g/mol. The minimum atomic E-state index is -3.52. The molecule has 0 aliphatic carbocycles. The van der Waals surface area contributed by atoms with E-state index in [9.17, 15) is 13.2 Å². The normalized spacial score (nSPS) is 29.2. The highest BCUT2D eigenvalue weighted by Gasteiger charge is 2.65. The molecule has 10 heteroatoms. The first-order chi connectivity index (χ1) is 14.8. The van der Waals surface area contributed by atoms with E-state index < -0.39 is 20.9 Å². The first kappa shape index (κ1) is 20.5. The number of ether oxygens (including phenoxy) is 2. The molecular weight excluding hydrogens is 422 g/mol. The molecule has 3 fully saturated rings. The van der Waals surface area contributed by atoms with Gasteiger partial charge >= 0.3 is 0 Å². The van der Waals surface area contributed by atoms with Crippen LogP contribution in [-0.2, 0) is 21.2 Å². The summed E-state index contributed by atoms with van der Waals surface area (Å²) in [5.41, 5.74) is 0.345. The molecule has 0 saturated carbocycles. The van der Waals surface area contributed by atoms with Gasteiger partial charge in [0.05, 0.1) is 19.8 Å². The molecule has 0 radical (unpaired) electrons. The van der Waals surface area contributed by atoms with E-state index in [1.165, 1.54) is 4.31 Å². The van der Waals surface area contributed by atoms with Gasteiger partial charge in [-0.2, -0.15) is 4.31 Å². The summed E-state index contributed by atoms with van der Waals surface area (Å²) in [7, 11) is -1.91. The van der Waals surface area contributed by atoms with Crippen molar-refractivity contribution in [3.8, 4) is 5.75 Å². The molecule has 0 N–H and O–H groups in total. The van der Waals surface area contributed by atoms with Crippen LogP contribution < -0.4 is 4.74 Å². The Morgan fingerprint density at radius 1 is 1.32 bits per heavy atom. The summed E-state index contributed by atoms with van der Waals surface area (Å²) in [5.74, 6) is 1.05. The van der Waals surface area contributed by atoms with E-state index in [0.29, 0.717) is 31.7 Å². The van der Waals surface area contributed by atoms with E-state index >= 15 is 0 Å². The Hall–Kier alpha value is -2.43.